The first-order valence-electron chi connectivity index (χ1n) is 4.85. The van der Waals surface area contributed by atoms with Gasteiger partial charge in [0.05, 0.1) is 5.56 Å². The highest BCUT2D eigenvalue weighted by Gasteiger charge is 2.30. The van der Waals surface area contributed by atoms with Gasteiger partial charge in [-0.25, -0.2) is 0 Å². The fourth-order valence-electron chi connectivity index (χ4n) is 1.56. The molecule has 2 rings (SSSR count). The van der Waals surface area contributed by atoms with Crippen LogP contribution >= 0.6 is 0 Å². The van der Waals surface area contributed by atoms with E-state index in [0.717, 1.165) is 16.7 Å². The van der Waals surface area contributed by atoms with Gasteiger partial charge in [0.2, 0.25) is 0 Å². The predicted molar refractivity (Wildman–Crippen MR) is 56.6 cm³/mol. The largest absolute Gasteiger partial charge is 0.417 e. The Bertz CT molecular complexity index is 616. The van der Waals surface area contributed by atoms with E-state index in [1.807, 2.05) is 0 Å². The molecule has 2 N–H and O–H groups in total. The molecule has 0 saturated carbocycles. The van der Waals surface area contributed by atoms with Crippen LogP contribution < -0.4 is 11.3 Å². The third-order valence-electron chi connectivity index (χ3n) is 2.48. The number of pyridine rings is 2. The molecule has 0 fully saturated rings. The minimum absolute atomic E-state index is 0.00197. The SMILES string of the molecule is NCc1ccc2ccc(C(F)(F)F)cn2c1=O. The molecule has 2 aromatic rings. The zero-order valence-corrected chi connectivity index (χ0v) is 8.66. The number of alkyl halides is 3. The second kappa shape index (κ2) is 3.89. The fourth-order valence-corrected chi connectivity index (χ4v) is 1.56. The van der Waals surface area contributed by atoms with E-state index in [9.17, 15) is 18.0 Å². The molecule has 0 bridgehead atoms. The Morgan fingerprint density at radius 3 is 2.41 bits per heavy atom. The van der Waals surface area contributed by atoms with Gasteiger partial charge in [0.1, 0.15) is 0 Å². The van der Waals surface area contributed by atoms with E-state index in [4.69, 9.17) is 5.73 Å². The Morgan fingerprint density at radius 2 is 1.82 bits per heavy atom. The van der Waals surface area contributed by atoms with Gasteiger partial charge in [0.15, 0.2) is 0 Å². The smallest absolute Gasteiger partial charge is 0.326 e. The average Bonchev–Trinajstić information content (AvgIpc) is 2.28. The molecular formula is C11H9F3N2O. The highest BCUT2D eigenvalue weighted by Crippen LogP contribution is 2.28. The standard InChI is InChI=1S/C11H9F3N2O/c12-11(13,14)8-2-4-9-3-1-7(5-15)10(17)16(9)6-8/h1-4,6H,5,15H2. The van der Waals surface area contributed by atoms with Crippen molar-refractivity contribution in [1.29, 1.82) is 0 Å². The zero-order chi connectivity index (χ0) is 12.6. The van der Waals surface area contributed by atoms with Gasteiger partial charge in [-0.1, -0.05) is 6.07 Å². The van der Waals surface area contributed by atoms with E-state index in [-0.39, 0.29) is 12.1 Å². The number of hydrogen-bond acceptors (Lipinski definition) is 2. The summed E-state index contributed by atoms with van der Waals surface area (Å²) in [5.74, 6) is 0. The summed E-state index contributed by atoms with van der Waals surface area (Å²) in [7, 11) is 0. The molecule has 0 unspecified atom stereocenters. The topological polar surface area (TPSA) is 47.5 Å². The molecule has 0 aromatic carbocycles. The summed E-state index contributed by atoms with van der Waals surface area (Å²) in [6, 6.07) is 5.27. The van der Waals surface area contributed by atoms with Crippen LogP contribution in [0.4, 0.5) is 13.2 Å². The Kier molecular flexibility index (Phi) is 2.66. The number of halogens is 3. The molecule has 0 aliphatic heterocycles. The third kappa shape index (κ3) is 2.03. The van der Waals surface area contributed by atoms with E-state index in [0.29, 0.717) is 5.52 Å². The van der Waals surface area contributed by atoms with Gasteiger partial charge in [-0.15, -0.1) is 0 Å². The summed E-state index contributed by atoms with van der Waals surface area (Å²) in [6.07, 6.45) is -3.68. The number of nitrogens with zero attached hydrogens (tertiary/aromatic N) is 1. The minimum Gasteiger partial charge on any atom is -0.326 e. The Morgan fingerprint density at radius 1 is 1.18 bits per heavy atom. The molecule has 6 heteroatoms. The number of fused-ring (bicyclic) bond motifs is 1. The van der Waals surface area contributed by atoms with E-state index in [2.05, 4.69) is 0 Å². The Balaban J connectivity index is 2.75. The maximum absolute atomic E-state index is 12.5. The van der Waals surface area contributed by atoms with Crippen LogP contribution in [0.2, 0.25) is 0 Å². The number of rotatable bonds is 1. The maximum Gasteiger partial charge on any atom is 0.417 e. The summed E-state index contributed by atoms with van der Waals surface area (Å²) in [6.45, 7) is -0.00197. The molecule has 2 heterocycles. The van der Waals surface area contributed by atoms with Gasteiger partial charge in [-0.2, -0.15) is 13.2 Å². The number of nitrogens with two attached hydrogens (primary N) is 1. The summed E-state index contributed by atoms with van der Waals surface area (Å²) >= 11 is 0. The highest BCUT2D eigenvalue weighted by molar-refractivity contribution is 5.48. The lowest BCUT2D eigenvalue weighted by atomic mass is 10.2. The summed E-state index contributed by atoms with van der Waals surface area (Å²) in [5, 5.41) is 0. The maximum atomic E-state index is 12.5. The van der Waals surface area contributed by atoms with Crippen LogP contribution in [0.3, 0.4) is 0 Å². The summed E-state index contributed by atoms with van der Waals surface area (Å²) < 4.78 is 38.4. The first-order valence-corrected chi connectivity index (χ1v) is 4.85. The highest BCUT2D eigenvalue weighted by atomic mass is 19.4. The first-order chi connectivity index (χ1) is 7.93. The molecule has 0 spiro atoms. The van der Waals surface area contributed by atoms with E-state index >= 15 is 0 Å². The van der Waals surface area contributed by atoms with Crippen molar-refractivity contribution in [2.75, 3.05) is 0 Å². The van der Waals surface area contributed by atoms with Crippen molar-refractivity contribution in [3.8, 4) is 0 Å². The van der Waals surface area contributed by atoms with Crippen molar-refractivity contribution in [2.24, 2.45) is 5.73 Å². The average molecular weight is 242 g/mol. The lowest BCUT2D eigenvalue weighted by Gasteiger charge is -2.09. The van der Waals surface area contributed by atoms with E-state index in [1.165, 1.54) is 12.1 Å². The minimum atomic E-state index is -4.47. The van der Waals surface area contributed by atoms with Gasteiger partial charge < -0.3 is 5.73 Å². The quantitative estimate of drug-likeness (QED) is 0.828. The van der Waals surface area contributed by atoms with E-state index < -0.39 is 17.3 Å². The van der Waals surface area contributed by atoms with Crippen LogP contribution in [-0.4, -0.2) is 4.40 Å². The van der Waals surface area contributed by atoms with Crippen LogP contribution in [-0.2, 0) is 12.7 Å². The molecule has 3 nitrogen and oxygen atoms in total. The summed E-state index contributed by atoms with van der Waals surface area (Å²) in [4.78, 5) is 11.8. The Hall–Kier alpha value is -1.82. The van der Waals surface area contributed by atoms with Gasteiger partial charge in [-0.3, -0.25) is 9.20 Å². The molecule has 0 aliphatic carbocycles. The van der Waals surface area contributed by atoms with Crippen LogP contribution in [0.15, 0.2) is 35.3 Å². The molecule has 0 saturated heterocycles. The first kappa shape index (κ1) is 11.7. The predicted octanol–water partition coefficient (Wildman–Crippen LogP) is 1.78. The second-order valence-electron chi connectivity index (χ2n) is 3.58. The van der Waals surface area contributed by atoms with Crippen molar-refractivity contribution in [2.45, 2.75) is 12.7 Å². The normalized spacial score (nSPS) is 12.0. The molecule has 2 aromatic heterocycles. The molecular weight excluding hydrogens is 233 g/mol. The summed E-state index contributed by atoms with van der Waals surface area (Å²) in [5.41, 5.74) is 4.63. The molecule has 90 valence electrons. The molecule has 0 amide bonds. The van der Waals surface area contributed by atoms with Gasteiger partial charge in [-0.05, 0) is 18.2 Å². The van der Waals surface area contributed by atoms with Crippen molar-refractivity contribution in [3.63, 3.8) is 0 Å². The molecule has 0 aliphatic rings. The van der Waals surface area contributed by atoms with E-state index in [1.54, 1.807) is 6.07 Å². The molecule has 0 radical (unpaired) electrons. The van der Waals surface area contributed by atoms with Crippen molar-refractivity contribution < 1.29 is 13.2 Å². The van der Waals surface area contributed by atoms with Gasteiger partial charge in [0.25, 0.3) is 5.56 Å². The van der Waals surface area contributed by atoms with Crippen LogP contribution in [0.25, 0.3) is 5.52 Å². The lowest BCUT2D eigenvalue weighted by molar-refractivity contribution is -0.137. The van der Waals surface area contributed by atoms with Crippen LogP contribution in [0.5, 0.6) is 0 Å². The monoisotopic (exact) mass is 242 g/mol. The van der Waals surface area contributed by atoms with Crippen LogP contribution in [0.1, 0.15) is 11.1 Å². The van der Waals surface area contributed by atoms with Crippen molar-refractivity contribution >= 4 is 5.52 Å². The van der Waals surface area contributed by atoms with Gasteiger partial charge >= 0.3 is 6.18 Å². The molecule has 17 heavy (non-hydrogen) atoms. The number of hydrogen-bond donors (Lipinski definition) is 1. The number of aromatic nitrogens is 1. The Labute approximate surface area is 94.3 Å². The van der Waals surface area contributed by atoms with Gasteiger partial charge in [0, 0.05) is 23.8 Å². The van der Waals surface area contributed by atoms with Crippen molar-refractivity contribution in [1.82, 2.24) is 4.40 Å². The lowest BCUT2D eigenvalue weighted by Crippen LogP contribution is -2.21. The molecule has 0 atom stereocenters. The third-order valence-corrected chi connectivity index (χ3v) is 2.48. The van der Waals surface area contributed by atoms with Crippen molar-refractivity contribution in [3.05, 3.63) is 51.9 Å². The zero-order valence-electron chi connectivity index (χ0n) is 8.66. The second-order valence-corrected chi connectivity index (χ2v) is 3.58. The van der Waals surface area contributed by atoms with Crippen LogP contribution in [0, 0.1) is 0 Å². The fraction of sp³-hybridized carbons (Fsp3) is 0.182.